The number of hydrogen-bond donors (Lipinski definition) is 1. The number of methoxy groups -OCH3 is 1. The van der Waals surface area contributed by atoms with Crippen molar-refractivity contribution in [2.75, 3.05) is 21.2 Å². The van der Waals surface area contributed by atoms with Crippen molar-refractivity contribution in [1.82, 2.24) is 9.62 Å². The Bertz CT molecular complexity index is 748. The highest BCUT2D eigenvalue weighted by atomic mass is 32.2. The Balaban J connectivity index is 3.25. The van der Waals surface area contributed by atoms with E-state index in [0.29, 0.717) is 0 Å². The van der Waals surface area contributed by atoms with Gasteiger partial charge in [0.15, 0.2) is 0 Å². The summed E-state index contributed by atoms with van der Waals surface area (Å²) in [7, 11) is -0.337. The number of ether oxygens (including phenoxy) is 1. The second-order valence-electron chi connectivity index (χ2n) is 5.56. The molecule has 0 saturated carbocycles. The van der Waals surface area contributed by atoms with Gasteiger partial charge in [-0.1, -0.05) is 6.92 Å². The lowest BCUT2D eigenvalue weighted by atomic mass is 9.98. The van der Waals surface area contributed by atoms with Gasteiger partial charge in [0.25, 0.3) is 5.91 Å². The van der Waals surface area contributed by atoms with E-state index in [2.05, 4.69) is 10.1 Å². The minimum Gasteiger partial charge on any atom is -0.467 e. The summed E-state index contributed by atoms with van der Waals surface area (Å²) in [5, 5.41) is 2.49. The molecule has 0 fully saturated rings. The third-order valence-electron chi connectivity index (χ3n) is 3.68. The van der Waals surface area contributed by atoms with Gasteiger partial charge in [0.1, 0.15) is 16.3 Å². The van der Waals surface area contributed by atoms with Gasteiger partial charge in [0.2, 0.25) is 10.0 Å². The van der Waals surface area contributed by atoms with Crippen LogP contribution in [0.15, 0.2) is 23.1 Å². The van der Waals surface area contributed by atoms with Gasteiger partial charge in [-0.3, -0.25) is 4.79 Å². The summed E-state index contributed by atoms with van der Waals surface area (Å²) in [6.45, 7) is 3.17. The van der Waals surface area contributed by atoms with Crippen molar-refractivity contribution >= 4 is 21.9 Å². The maximum absolute atomic E-state index is 13.9. The van der Waals surface area contributed by atoms with Crippen molar-refractivity contribution in [1.29, 1.82) is 0 Å². The van der Waals surface area contributed by atoms with E-state index in [1.165, 1.54) is 28.1 Å². The Morgan fingerprint density at radius 2 is 1.92 bits per heavy atom. The van der Waals surface area contributed by atoms with Gasteiger partial charge in [-0.15, -0.1) is 0 Å². The van der Waals surface area contributed by atoms with Crippen LogP contribution in [0, 0.1) is 5.82 Å². The van der Waals surface area contributed by atoms with Gasteiger partial charge in [-0.25, -0.2) is 21.9 Å². The molecule has 0 aromatic heterocycles. The monoisotopic (exact) mass is 360 g/mol. The minimum absolute atomic E-state index is 0.0830. The summed E-state index contributed by atoms with van der Waals surface area (Å²) in [4.78, 5) is 23.5. The molecule has 0 heterocycles. The first-order chi connectivity index (χ1) is 11.0. The quantitative estimate of drug-likeness (QED) is 0.768. The van der Waals surface area contributed by atoms with Gasteiger partial charge < -0.3 is 10.1 Å². The van der Waals surface area contributed by atoms with E-state index < -0.39 is 38.2 Å². The molecule has 0 aliphatic rings. The molecule has 0 bridgehead atoms. The van der Waals surface area contributed by atoms with Crippen molar-refractivity contribution in [3.63, 3.8) is 0 Å². The van der Waals surface area contributed by atoms with Gasteiger partial charge in [0, 0.05) is 19.7 Å². The van der Waals surface area contributed by atoms with Crippen LogP contribution in [-0.2, 0) is 19.6 Å². The summed E-state index contributed by atoms with van der Waals surface area (Å²) < 4.78 is 43.6. The Kier molecular flexibility index (Phi) is 6.07. The molecular formula is C15H21FN2O5S. The normalized spacial score (nSPS) is 14.1. The maximum atomic E-state index is 13.9. The van der Waals surface area contributed by atoms with Crippen molar-refractivity contribution in [3.05, 3.63) is 29.6 Å². The van der Waals surface area contributed by atoms with Crippen LogP contribution in [0.5, 0.6) is 0 Å². The molecule has 0 aliphatic heterocycles. The molecule has 1 aromatic carbocycles. The number of carbonyl (C=O) groups is 2. The van der Waals surface area contributed by atoms with Gasteiger partial charge >= 0.3 is 5.97 Å². The number of benzene rings is 1. The molecule has 1 atom stereocenters. The highest BCUT2D eigenvalue weighted by molar-refractivity contribution is 7.89. The molecule has 24 heavy (non-hydrogen) atoms. The molecule has 0 spiro atoms. The Labute approximate surface area is 140 Å². The first-order valence-corrected chi connectivity index (χ1v) is 8.56. The maximum Gasteiger partial charge on any atom is 0.331 e. The predicted molar refractivity (Wildman–Crippen MR) is 85.5 cm³/mol. The third kappa shape index (κ3) is 3.90. The Hall–Kier alpha value is -2.00. The lowest BCUT2D eigenvalue weighted by Crippen LogP contribution is -2.52. The van der Waals surface area contributed by atoms with E-state index in [-0.39, 0.29) is 12.0 Å². The van der Waals surface area contributed by atoms with Crippen LogP contribution in [0.3, 0.4) is 0 Å². The number of hydrogen-bond acceptors (Lipinski definition) is 5. The average Bonchev–Trinajstić information content (AvgIpc) is 2.53. The summed E-state index contributed by atoms with van der Waals surface area (Å²) in [6.07, 6.45) is 0.259. The molecule has 1 unspecified atom stereocenters. The second-order valence-corrected chi connectivity index (χ2v) is 7.68. The Morgan fingerprint density at radius 3 is 2.38 bits per heavy atom. The van der Waals surface area contributed by atoms with Crippen LogP contribution < -0.4 is 5.32 Å². The van der Waals surface area contributed by atoms with E-state index >= 15 is 0 Å². The molecule has 1 aromatic rings. The van der Waals surface area contributed by atoms with Crippen LogP contribution in [0.2, 0.25) is 0 Å². The standard InChI is InChI=1S/C15H21FN2O5S/c1-6-15(2,14(20)23-5)17-13(19)10-7-8-11(16)12(9-10)24(21,22)18(3)4/h7-9H,6H2,1-5H3,(H,17,19). The fraction of sp³-hybridized carbons (Fsp3) is 0.467. The average molecular weight is 360 g/mol. The first kappa shape index (κ1) is 20.0. The molecule has 9 heteroatoms. The summed E-state index contributed by atoms with van der Waals surface area (Å²) in [5.74, 6) is -2.31. The number of halogens is 1. The summed E-state index contributed by atoms with van der Waals surface area (Å²) in [5.41, 5.74) is -1.36. The first-order valence-electron chi connectivity index (χ1n) is 7.12. The molecule has 1 N–H and O–H groups in total. The Morgan fingerprint density at radius 1 is 1.33 bits per heavy atom. The molecule has 1 amide bonds. The molecule has 7 nitrogen and oxygen atoms in total. The van der Waals surface area contributed by atoms with Gasteiger partial charge in [-0.05, 0) is 31.5 Å². The minimum atomic E-state index is -4.05. The number of esters is 1. The SMILES string of the molecule is CCC(C)(NC(=O)c1ccc(F)c(S(=O)(=O)N(C)C)c1)C(=O)OC. The zero-order valence-electron chi connectivity index (χ0n) is 14.2. The highest BCUT2D eigenvalue weighted by Gasteiger charge is 2.34. The number of rotatable bonds is 6. The topological polar surface area (TPSA) is 92.8 Å². The van der Waals surface area contributed by atoms with E-state index in [9.17, 15) is 22.4 Å². The van der Waals surface area contributed by atoms with Crippen LogP contribution in [0.4, 0.5) is 4.39 Å². The predicted octanol–water partition coefficient (Wildman–Crippen LogP) is 1.15. The smallest absolute Gasteiger partial charge is 0.331 e. The number of sulfonamides is 1. The fourth-order valence-corrected chi connectivity index (χ4v) is 2.85. The molecular weight excluding hydrogens is 339 g/mol. The van der Waals surface area contributed by atoms with Crippen molar-refractivity contribution < 1.29 is 27.1 Å². The summed E-state index contributed by atoms with van der Waals surface area (Å²) >= 11 is 0. The van der Waals surface area contributed by atoms with Crippen LogP contribution in [0.25, 0.3) is 0 Å². The van der Waals surface area contributed by atoms with E-state index in [1.54, 1.807) is 6.92 Å². The third-order valence-corrected chi connectivity index (χ3v) is 5.51. The largest absolute Gasteiger partial charge is 0.467 e. The van der Waals surface area contributed by atoms with Gasteiger partial charge in [-0.2, -0.15) is 0 Å². The molecule has 1 rings (SSSR count). The van der Waals surface area contributed by atoms with E-state index in [1.807, 2.05) is 0 Å². The highest BCUT2D eigenvalue weighted by Crippen LogP contribution is 2.20. The van der Waals surface area contributed by atoms with Gasteiger partial charge in [0.05, 0.1) is 7.11 Å². The molecule has 134 valence electrons. The molecule has 0 saturated heterocycles. The second kappa shape index (κ2) is 7.27. The molecule has 0 aliphatic carbocycles. The zero-order valence-corrected chi connectivity index (χ0v) is 15.0. The zero-order chi connectivity index (χ0) is 18.7. The number of nitrogens with zero attached hydrogens (tertiary/aromatic N) is 1. The van der Waals surface area contributed by atoms with E-state index in [0.717, 1.165) is 22.5 Å². The van der Waals surface area contributed by atoms with Crippen molar-refractivity contribution in [2.24, 2.45) is 0 Å². The van der Waals surface area contributed by atoms with Crippen LogP contribution >= 0.6 is 0 Å². The lowest BCUT2D eigenvalue weighted by Gasteiger charge is -2.26. The van der Waals surface area contributed by atoms with Crippen molar-refractivity contribution in [2.45, 2.75) is 30.7 Å². The molecule has 0 radical (unpaired) electrons. The number of nitrogens with one attached hydrogen (secondary N) is 1. The van der Waals surface area contributed by atoms with Crippen molar-refractivity contribution in [3.8, 4) is 0 Å². The lowest BCUT2D eigenvalue weighted by molar-refractivity contribution is -0.147. The van der Waals surface area contributed by atoms with E-state index in [4.69, 9.17) is 0 Å². The van der Waals surface area contributed by atoms with Crippen LogP contribution in [0.1, 0.15) is 30.6 Å². The summed E-state index contributed by atoms with van der Waals surface area (Å²) in [6, 6.07) is 2.98. The fourth-order valence-electron chi connectivity index (χ4n) is 1.87. The number of carbonyl (C=O) groups excluding carboxylic acids is 2. The number of amides is 1. The van der Waals surface area contributed by atoms with Crippen LogP contribution in [-0.4, -0.2) is 51.3 Å².